The largest absolute Gasteiger partial charge is 0.340 e. The van der Waals surface area contributed by atoms with Crippen LogP contribution >= 0.6 is 11.3 Å². The fraction of sp³-hybridized carbons (Fsp3) is 0.136. The van der Waals surface area contributed by atoms with Crippen LogP contribution in [0.25, 0.3) is 11.5 Å². The molecule has 0 bridgehead atoms. The summed E-state index contributed by atoms with van der Waals surface area (Å²) in [5.74, 6) is 0.890. The van der Waals surface area contributed by atoms with Gasteiger partial charge in [0.15, 0.2) is 5.82 Å². The number of aromatic nitrogens is 2. The van der Waals surface area contributed by atoms with Crippen LogP contribution in [-0.4, -0.2) is 16.0 Å². The first-order chi connectivity index (χ1) is 13.6. The third-order valence-electron chi connectivity index (χ3n) is 4.44. The molecule has 0 aliphatic rings. The summed E-state index contributed by atoms with van der Waals surface area (Å²) in [5.41, 5.74) is 3.60. The third kappa shape index (κ3) is 3.87. The molecule has 5 nitrogen and oxygen atoms in total. The van der Waals surface area contributed by atoms with Crippen LogP contribution in [0.4, 0.5) is 0 Å². The lowest BCUT2D eigenvalue weighted by Crippen LogP contribution is -2.28. The van der Waals surface area contributed by atoms with Gasteiger partial charge in [0.25, 0.3) is 11.8 Å². The summed E-state index contributed by atoms with van der Waals surface area (Å²) < 4.78 is 5.17. The lowest BCUT2D eigenvalue weighted by atomic mass is 10.0. The predicted molar refractivity (Wildman–Crippen MR) is 109 cm³/mol. The molecule has 0 radical (unpaired) electrons. The Labute approximate surface area is 167 Å². The molecule has 4 aromatic rings. The van der Waals surface area contributed by atoms with E-state index < -0.39 is 0 Å². The van der Waals surface area contributed by atoms with E-state index in [9.17, 15) is 4.79 Å². The van der Waals surface area contributed by atoms with E-state index in [0.29, 0.717) is 17.3 Å². The smallest absolute Gasteiger partial charge is 0.257 e. The van der Waals surface area contributed by atoms with Crippen molar-refractivity contribution in [1.82, 2.24) is 15.5 Å². The van der Waals surface area contributed by atoms with Gasteiger partial charge in [0.05, 0.1) is 6.04 Å². The molecule has 140 valence electrons. The second kappa shape index (κ2) is 7.78. The molecule has 2 aromatic heterocycles. The molecule has 6 heteroatoms. The van der Waals surface area contributed by atoms with Crippen molar-refractivity contribution in [3.8, 4) is 11.5 Å². The van der Waals surface area contributed by atoms with Gasteiger partial charge in [0.2, 0.25) is 0 Å². The van der Waals surface area contributed by atoms with Gasteiger partial charge in [-0.25, -0.2) is 0 Å². The van der Waals surface area contributed by atoms with Gasteiger partial charge in [-0.1, -0.05) is 41.1 Å². The standard InChI is InChI=1S/C22H19N3O2S/c1-14-5-7-16(8-6-14)20(19-4-3-13-28-19)24-21(26)17-9-11-18(12-10-17)22-23-15(2)25-27-22/h3-13,20H,1-2H3,(H,24,26). The van der Waals surface area contributed by atoms with Crippen LogP contribution in [0.3, 0.4) is 0 Å². The number of amides is 1. The molecule has 1 amide bonds. The fourth-order valence-electron chi connectivity index (χ4n) is 2.93. The number of carbonyl (C=O) groups is 1. The number of hydrogen-bond donors (Lipinski definition) is 1. The van der Waals surface area contributed by atoms with E-state index in [1.165, 1.54) is 5.56 Å². The summed E-state index contributed by atoms with van der Waals surface area (Å²) >= 11 is 1.63. The van der Waals surface area contributed by atoms with Gasteiger partial charge in [-0.15, -0.1) is 11.3 Å². The molecule has 0 aliphatic heterocycles. The van der Waals surface area contributed by atoms with Gasteiger partial charge in [0.1, 0.15) is 0 Å². The first kappa shape index (κ1) is 18.1. The Morgan fingerprint density at radius 3 is 2.39 bits per heavy atom. The lowest BCUT2D eigenvalue weighted by Gasteiger charge is -2.18. The molecule has 28 heavy (non-hydrogen) atoms. The second-order valence-corrected chi connectivity index (χ2v) is 7.54. The number of thiophene rings is 1. The minimum atomic E-state index is -0.189. The second-order valence-electron chi connectivity index (χ2n) is 6.56. The van der Waals surface area contributed by atoms with Crippen LogP contribution in [0.15, 0.2) is 70.6 Å². The van der Waals surface area contributed by atoms with E-state index in [2.05, 4.69) is 46.6 Å². The molecule has 0 aliphatic carbocycles. The van der Waals surface area contributed by atoms with Crippen LogP contribution in [0.2, 0.25) is 0 Å². The number of aryl methyl sites for hydroxylation is 2. The van der Waals surface area contributed by atoms with E-state index >= 15 is 0 Å². The van der Waals surface area contributed by atoms with Crippen LogP contribution < -0.4 is 5.32 Å². The molecule has 2 aromatic carbocycles. The summed E-state index contributed by atoms with van der Waals surface area (Å²) in [6.45, 7) is 3.82. The van der Waals surface area contributed by atoms with E-state index in [-0.39, 0.29) is 11.9 Å². The van der Waals surface area contributed by atoms with Crippen LogP contribution in [0, 0.1) is 13.8 Å². The van der Waals surface area contributed by atoms with E-state index in [1.807, 2.05) is 29.6 Å². The Bertz CT molecular complexity index is 1070. The van der Waals surface area contributed by atoms with Crippen molar-refractivity contribution in [3.05, 3.63) is 93.4 Å². The molecule has 1 atom stereocenters. The van der Waals surface area contributed by atoms with Crippen molar-refractivity contribution in [3.63, 3.8) is 0 Å². The van der Waals surface area contributed by atoms with Crippen molar-refractivity contribution in [1.29, 1.82) is 0 Å². The zero-order chi connectivity index (χ0) is 19.5. The van der Waals surface area contributed by atoms with Crippen molar-refractivity contribution < 1.29 is 9.32 Å². The zero-order valence-corrected chi connectivity index (χ0v) is 16.4. The van der Waals surface area contributed by atoms with Crippen LogP contribution in [0.1, 0.15) is 38.2 Å². The minimum absolute atomic E-state index is 0.132. The number of carbonyl (C=O) groups excluding carboxylic acids is 1. The average molecular weight is 389 g/mol. The summed E-state index contributed by atoms with van der Waals surface area (Å²) in [5, 5.41) is 8.97. The fourth-order valence-corrected chi connectivity index (χ4v) is 3.73. The number of nitrogens with zero attached hydrogens (tertiary/aromatic N) is 2. The van der Waals surface area contributed by atoms with E-state index in [0.717, 1.165) is 16.0 Å². The summed E-state index contributed by atoms with van der Waals surface area (Å²) in [6, 6.07) is 19.2. The molecule has 4 rings (SSSR count). The Morgan fingerprint density at radius 1 is 1.04 bits per heavy atom. The topological polar surface area (TPSA) is 68.0 Å². The maximum Gasteiger partial charge on any atom is 0.257 e. The summed E-state index contributed by atoms with van der Waals surface area (Å²) in [4.78, 5) is 18.2. The van der Waals surface area contributed by atoms with Crippen molar-refractivity contribution in [2.24, 2.45) is 0 Å². The van der Waals surface area contributed by atoms with Gasteiger partial charge in [0, 0.05) is 16.0 Å². The Morgan fingerprint density at radius 2 is 1.79 bits per heavy atom. The van der Waals surface area contributed by atoms with E-state index in [1.54, 1.807) is 30.4 Å². The molecule has 0 saturated heterocycles. The monoisotopic (exact) mass is 389 g/mol. The first-order valence-corrected chi connectivity index (χ1v) is 9.80. The molecule has 2 heterocycles. The number of hydrogen-bond acceptors (Lipinski definition) is 5. The highest BCUT2D eigenvalue weighted by molar-refractivity contribution is 7.10. The summed E-state index contributed by atoms with van der Waals surface area (Å²) in [6.07, 6.45) is 0. The molecular formula is C22H19N3O2S. The molecule has 0 fully saturated rings. The van der Waals surface area contributed by atoms with Gasteiger partial charge in [-0.2, -0.15) is 4.98 Å². The highest BCUT2D eigenvalue weighted by Crippen LogP contribution is 2.27. The maximum absolute atomic E-state index is 12.9. The van der Waals surface area contributed by atoms with Crippen molar-refractivity contribution in [2.45, 2.75) is 19.9 Å². The van der Waals surface area contributed by atoms with Gasteiger partial charge in [-0.05, 0) is 55.1 Å². The normalized spacial score (nSPS) is 11.9. The lowest BCUT2D eigenvalue weighted by molar-refractivity contribution is 0.0943. The molecule has 1 N–H and O–H groups in total. The van der Waals surface area contributed by atoms with Crippen LogP contribution in [-0.2, 0) is 0 Å². The summed E-state index contributed by atoms with van der Waals surface area (Å²) in [7, 11) is 0. The molecule has 1 unspecified atom stereocenters. The Kier molecular flexibility index (Phi) is 5.04. The Hall–Kier alpha value is -3.25. The minimum Gasteiger partial charge on any atom is -0.340 e. The van der Waals surface area contributed by atoms with Gasteiger partial charge in [-0.3, -0.25) is 4.79 Å². The molecule has 0 saturated carbocycles. The van der Waals surface area contributed by atoms with Crippen LogP contribution in [0.5, 0.6) is 0 Å². The number of rotatable bonds is 5. The SMILES string of the molecule is Cc1ccc(C(NC(=O)c2ccc(-c3nc(C)no3)cc2)c2cccs2)cc1. The molecule has 0 spiro atoms. The van der Waals surface area contributed by atoms with Gasteiger partial charge < -0.3 is 9.84 Å². The van der Waals surface area contributed by atoms with Crippen molar-refractivity contribution in [2.75, 3.05) is 0 Å². The number of benzene rings is 2. The van der Waals surface area contributed by atoms with E-state index in [4.69, 9.17) is 4.52 Å². The maximum atomic E-state index is 12.9. The van der Waals surface area contributed by atoms with Crippen molar-refractivity contribution >= 4 is 17.2 Å². The quantitative estimate of drug-likeness (QED) is 0.525. The predicted octanol–water partition coefficient (Wildman–Crippen LogP) is 4.93. The highest BCUT2D eigenvalue weighted by Gasteiger charge is 2.19. The zero-order valence-electron chi connectivity index (χ0n) is 15.5. The third-order valence-corrected chi connectivity index (χ3v) is 5.37. The number of nitrogens with one attached hydrogen (secondary N) is 1. The average Bonchev–Trinajstić information content (AvgIpc) is 3.39. The first-order valence-electron chi connectivity index (χ1n) is 8.92. The molecular weight excluding hydrogens is 370 g/mol. The highest BCUT2D eigenvalue weighted by atomic mass is 32.1. The van der Waals surface area contributed by atoms with Gasteiger partial charge >= 0.3 is 0 Å². The Balaban J connectivity index is 1.56.